The highest BCUT2D eigenvalue weighted by Gasteiger charge is 2.22. The lowest BCUT2D eigenvalue weighted by molar-refractivity contribution is -0.307. The minimum Gasteiger partial charge on any atom is -0.550 e. The lowest BCUT2D eigenvalue weighted by atomic mass is 10.1. The van der Waals surface area contributed by atoms with E-state index < -0.39 is 48.7 Å². The second-order valence-electron chi connectivity index (χ2n) is 3.83. The van der Waals surface area contributed by atoms with Crippen molar-refractivity contribution in [3.63, 3.8) is 0 Å². The number of carboxylic acids is 3. The number of hydrogen-bond acceptors (Lipinski definition) is 7. The minimum absolute atomic E-state index is 0.207. The molecule has 0 aliphatic rings. The monoisotopic (exact) mass is 274 g/mol. The molecule has 108 valence electrons. The van der Waals surface area contributed by atoms with Crippen LogP contribution in [0.25, 0.3) is 0 Å². The summed E-state index contributed by atoms with van der Waals surface area (Å²) < 4.78 is 0. The molecule has 2 atom stereocenters. The zero-order valence-corrected chi connectivity index (χ0v) is 9.96. The molecule has 0 fully saturated rings. The average molecular weight is 274 g/mol. The smallest absolute Gasteiger partial charge is 0.326 e. The van der Waals surface area contributed by atoms with E-state index in [1.54, 1.807) is 0 Å². The first-order valence-corrected chi connectivity index (χ1v) is 5.42. The molecule has 0 spiro atoms. The Morgan fingerprint density at radius 2 is 1.53 bits per heavy atom. The summed E-state index contributed by atoms with van der Waals surface area (Å²) in [6.45, 7) is 0. The molecule has 0 aliphatic heterocycles. The van der Waals surface area contributed by atoms with Crippen LogP contribution in [-0.4, -0.2) is 41.0 Å². The van der Waals surface area contributed by atoms with Gasteiger partial charge >= 0.3 is 5.97 Å². The summed E-state index contributed by atoms with van der Waals surface area (Å²) >= 11 is 0. The van der Waals surface area contributed by atoms with Gasteiger partial charge in [-0.2, -0.15) is 0 Å². The van der Waals surface area contributed by atoms with E-state index in [9.17, 15) is 29.4 Å². The largest absolute Gasteiger partial charge is 0.550 e. The summed E-state index contributed by atoms with van der Waals surface area (Å²) in [5, 5.41) is 31.2. The van der Waals surface area contributed by atoms with Gasteiger partial charge in [-0.05, 0) is 25.7 Å². The number of nitrogens with two attached hydrogens (primary N) is 1. The lowest BCUT2D eigenvalue weighted by Crippen LogP contribution is -2.49. The highest BCUT2D eigenvalue weighted by molar-refractivity contribution is 5.87. The van der Waals surface area contributed by atoms with E-state index >= 15 is 0 Å². The van der Waals surface area contributed by atoms with Gasteiger partial charge in [-0.1, -0.05) is 0 Å². The molecule has 19 heavy (non-hydrogen) atoms. The predicted octanol–water partition coefficient (Wildman–Crippen LogP) is -4.06. The maximum absolute atomic E-state index is 11.4. The van der Waals surface area contributed by atoms with Gasteiger partial charge < -0.3 is 36.0 Å². The van der Waals surface area contributed by atoms with Gasteiger partial charge in [0.25, 0.3) is 0 Å². The Morgan fingerprint density at radius 3 is 1.95 bits per heavy atom. The standard InChI is InChI=1S/C10H16N2O7/c11-5(1-3-7(13)14)9(17)12-6(10(18)19)2-4-8(15)16/h5-6H,1-4,11H2,(H,12,17)(H,13,14)(H,15,16)(H,18,19)/p-2/t5-,6-/m0/s1. The van der Waals surface area contributed by atoms with E-state index in [2.05, 4.69) is 0 Å². The van der Waals surface area contributed by atoms with Gasteiger partial charge in [-0.3, -0.25) is 4.79 Å². The first kappa shape index (κ1) is 16.8. The van der Waals surface area contributed by atoms with Crippen molar-refractivity contribution in [3.05, 3.63) is 0 Å². The third-order valence-electron chi connectivity index (χ3n) is 2.25. The first-order chi connectivity index (χ1) is 8.73. The molecule has 0 aromatic rings. The number of aliphatic carboxylic acids is 3. The topological polar surface area (TPSA) is 173 Å². The van der Waals surface area contributed by atoms with E-state index in [-0.39, 0.29) is 12.8 Å². The quantitative estimate of drug-likeness (QED) is 0.380. The van der Waals surface area contributed by atoms with Crippen LogP contribution in [0.15, 0.2) is 0 Å². The van der Waals surface area contributed by atoms with Crippen LogP contribution < -0.4 is 21.3 Å². The highest BCUT2D eigenvalue weighted by Crippen LogP contribution is 2.00. The molecule has 0 aromatic heterocycles. The molecule has 1 amide bonds. The number of rotatable bonds is 9. The molecule has 0 bridgehead atoms. The van der Waals surface area contributed by atoms with Gasteiger partial charge in [0.2, 0.25) is 5.91 Å². The third kappa shape index (κ3) is 7.71. The van der Waals surface area contributed by atoms with Gasteiger partial charge in [-0.25, -0.2) is 4.79 Å². The highest BCUT2D eigenvalue weighted by atomic mass is 16.4. The van der Waals surface area contributed by atoms with Crippen molar-refractivity contribution >= 4 is 23.8 Å². The maximum atomic E-state index is 11.4. The van der Waals surface area contributed by atoms with Crippen molar-refractivity contribution in [2.75, 3.05) is 0 Å². The van der Waals surface area contributed by atoms with Gasteiger partial charge in [0.1, 0.15) is 6.04 Å². The van der Waals surface area contributed by atoms with Crippen LogP contribution in [0.2, 0.25) is 0 Å². The van der Waals surface area contributed by atoms with Crippen LogP contribution in [0, 0.1) is 0 Å². The Labute approximate surface area is 108 Å². The number of carbonyl (C=O) groups excluding carboxylic acids is 3. The number of nitrogens with one attached hydrogen (secondary N) is 1. The third-order valence-corrected chi connectivity index (χ3v) is 2.25. The fourth-order valence-corrected chi connectivity index (χ4v) is 1.20. The van der Waals surface area contributed by atoms with Crippen LogP contribution in [0.4, 0.5) is 0 Å². The predicted molar refractivity (Wildman–Crippen MR) is 56.0 cm³/mol. The van der Waals surface area contributed by atoms with Crippen molar-refractivity contribution in [2.45, 2.75) is 37.8 Å². The minimum atomic E-state index is -1.44. The fourth-order valence-electron chi connectivity index (χ4n) is 1.20. The van der Waals surface area contributed by atoms with Gasteiger partial charge in [0.05, 0.1) is 6.04 Å². The molecule has 9 nitrogen and oxygen atoms in total. The maximum Gasteiger partial charge on any atom is 0.326 e. The first-order valence-electron chi connectivity index (χ1n) is 5.42. The second kappa shape index (κ2) is 8.03. The molecule has 0 heterocycles. The summed E-state index contributed by atoms with van der Waals surface area (Å²) in [5.41, 5.74) is 5.35. The van der Waals surface area contributed by atoms with Crippen molar-refractivity contribution < 1.29 is 34.5 Å². The van der Waals surface area contributed by atoms with Crippen LogP contribution in [0.3, 0.4) is 0 Å². The number of amides is 1. The zero-order valence-electron chi connectivity index (χ0n) is 9.96. The van der Waals surface area contributed by atoms with Gasteiger partial charge in [0.15, 0.2) is 0 Å². The summed E-state index contributed by atoms with van der Waals surface area (Å²) in [6.07, 6.45) is -1.53. The molecular formula is C10H14N2O7-2. The lowest BCUT2D eigenvalue weighted by Gasteiger charge is -2.18. The van der Waals surface area contributed by atoms with Crippen LogP contribution in [0.1, 0.15) is 25.7 Å². The molecule has 0 aliphatic carbocycles. The van der Waals surface area contributed by atoms with E-state index in [1.807, 2.05) is 5.32 Å². The average Bonchev–Trinajstić information content (AvgIpc) is 2.30. The zero-order chi connectivity index (χ0) is 15.0. The molecule has 0 radical (unpaired) electrons. The molecule has 0 aromatic carbocycles. The molecule has 0 rings (SSSR count). The summed E-state index contributed by atoms with van der Waals surface area (Å²) in [7, 11) is 0. The number of hydrogen-bond donors (Lipinski definition) is 3. The molecule has 0 unspecified atom stereocenters. The van der Waals surface area contributed by atoms with E-state index in [0.717, 1.165) is 0 Å². The van der Waals surface area contributed by atoms with Crippen LogP contribution in [-0.2, 0) is 19.2 Å². The molecule has 4 N–H and O–H groups in total. The van der Waals surface area contributed by atoms with E-state index in [1.165, 1.54) is 0 Å². The Hall–Kier alpha value is -2.16. The Kier molecular flexibility index (Phi) is 7.12. The van der Waals surface area contributed by atoms with E-state index in [0.29, 0.717) is 0 Å². The van der Waals surface area contributed by atoms with Crippen molar-refractivity contribution in [2.24, 2.45) is 5.73 Å². The normalized spacial score (nSPS) is 13.3. The molecule has 9 heteroatoms. The van der Waals surface area contributed by atoms with Crippen LogP contribution in [0.5, 0.6) is 0 Å². The van der Waals surface area contributed by atoms with Crippen LogP contribution >= 0.6 is 0 Å². The molecule has 0 saturated carbocycles. The molecular weight excluding hydrogens is 260 g/mol. The Bertz CT molecular complexity index is 369. The van der Waals surface area contributed by atoms with Crippen molar-refractivity contribution in [3.8, 4) is 0 Å². The summed E-state index contributed by atoms with van der Waals surface area (Å²) in [6, 6.07) is -2.62. The fraction of sp³-hybridized carbons (Fsp3) is 0.600. The van der Waals surface area contributed by atoms with Gasteiger partial charge in [-0.15, -0.1) is 0 Å². The number of carbonyl (C=O) groups is 4. The molecule has 0 saturated heterocycles. The second-order valence-corrected chi connectivity index (χ2v) is 3.83. The Balaban J connectivity index is 4.33. The number of carboxylic acid groups (broad SMARTS) is 3. The van der Waals surface area contributed by atoms with Gasteiger partial charge in [0, 0.05) is 11.9 Å². The SMILES string of the molecule is N[C@@H](CCC(=O)[O-])C(=O)N[C@@H](CCC(=O)[O-])C(=O)O. The Morgan fingerprint density at radius 1 is 1.05 bits per heavy atom. The van der Waals surface area contributed by atoms with Crippen molar-refractivity contribution in [1.82, 2.24) is 5.32 Å². The van der Waals surface area contributed by atoms with Crippen molar-refractivity contribution in [1.29, 1.82) is 0 Å². The summed E-state index contributed by atoms with van der Waals surface area (Å²) in [4.78, 5) is 42.6. The van der Waals surface area contributed by atoms with E-state index in [4.69, 9.17) is 10.8 Å². The summed E-state index contributed by atoms with van der Waals surface area (Å²) in [5.74, 6) is -5.11.